The minimum absolute atomic E-state index is 0.192. The smallest absolute Gasteiger partial charge is 0.419 e. The summed E-state index contributed by atoms with van der Waals surface area (Å²) in [5.41, 5.74) is 3.81. The molecule has 5 rings (SSSR count). The van der Waals surface area contributed by atoms with Crippen LogP contribution in [0.3, 0.4) is 0 Å². The van der Waals surface area contributed by atoms with Crippen molar-refractivity contribution in [3.05, 3.63) is 76.5 Å². The van der Waals surface area contributed by atoms with Crippen LogP contribution in [0.4, 0.5) is 21.0 Å². The Hall–Kier alpha value is -5.17. The molecule has 42 heavy (non-hydrogen) atoms. The minimum atomic E-state index is -0.797. The number of nitrogens with one attached hydrogen (secondary N) is 1. The van der Waals surface area contributed by atoms with E-state index in [9.17, 15) is 19.3 Å². The molecule has 1 N–H and O–H groups in total. The molecule has 1 atom stereocenters. The Morgan fingerprint density at radius 3 is 2.21 bits per heavy atom. The molecule has 13 heteroatoms. The van der Waals surface area contributed by atoms with Gasteiger partial charge >= 0.3 is 12.2 Å². The van der Waals surface area contributed by atoms with Gasteiger partial charge in [0.1, 0.15) is 6.54 Å². The van der Waals surface area contributed by atoms with Crippen LogP contribution in [-0.2, 0) is 25.5 Å². The molecule has 2 aromatic heterocycles. The van der Waals surface area contributed by atoms with Gasteiger partial charge < -0.3 is 19.5 Å². The molecule has 1 unspecified atom stereocenters. The highest BCUT2D eigenvalue weighted by Crippen LogP contribution is 2.49. The SMILES string of the molecule is CC.COC.COC(=O)N1c2ccccc2-c2c(CN=O)nnc3c2c(cn3C(=O)OC)C1c1ccc(NC=O)cc1. The number of carbonyl (C=O) groups excluding carboxylic acids is 3. The monoisotopic (exact) mass is 576 g/mol. The topological polar surface area (TPSA) is 154 Å². The maximum Gasteiger partial charge on any atom is 0.419 e. The Labute approximate surface area is 242 Å². The van der Waals surface area contributed by atoms with Crippen molar-refractivity contribution in [3.63, 3.8) is 0 Å². The van der Waals surface area contributed by atoms with Crippen molar-refractivity contribution in [2.45, 2.75) is 26.4 Å². The number of methoxy groups -OCH3 is 3. The number of carbonyl (C=O) groups is 3. The van der Waals surface area contributed by atoms with Crippen LogP contribution in [0.2, 0.25) is 0 Å². The van der Waals surface area contributed by atoms with Crippen molar-refractivity contribution in [1.29, 1.82) is 0 Å². The molecule has 4 aromatic rings. The zero-order valence-corrected chi connectivity index (χ0v) is 24.2. The molecule has 0 spiro atoms. The second-order valence-electron chi connectivity index (χ2n) is 8.48. The number of fused-ring (bicyclic) bond motifs is 2. The number of hydrogen-bond donors (Lipinski definition) is 1. The molecule has 0 aliphatic carbocycles. The van der Waals surface area contributed by atoms with Gasteiger partial charge in [-0.3, -0.25) is 9.69 Å². The zero-order valence-electron chi connectivity index (χ0n) is 24.2. The van der Waals surface area contributed by atoms with Gasteiger partial charge in [-0.15, -0.1) is 5.10 Å². The normalized spacial score (nSPS) is 12.8. The maximum absolute atomic E-state index is 13.4. The van der Waals surface area contributed by atoms with E-state index in [1.54, 1.807) is 62.8 Å². The van der Waals surface area contributed by atoms with Gasteiger partial charge in [-0.2, -0.15) is 10.0 Å². The number of nitrogens with zero attached hydrogens (tertiary/aromatic N) is 5. The van der Waals surface area contributed by atoms with Crippen molar-refractivity contribution >= 4 is 41.0 Å². The summed E-state index contributed by atoms with van der Waals surface area (Å²) >= 11 is 0. The fourth-order valence-corrected chi connectivity index (χ4v) is 4.71. The first-order chi connectivity index (χ1) is 20.4. The molecule has 0 bridgehead atoms. The van der Waals surface area contributed by atoms with Crippen LogP contribution in [0, 0.1) is 4.91 Å². The van der Waals surface area contributed by atoms with Crippen molar-refractivity contribution < 1.29 is 28.6 Å². The van der Waals surface area contributed by atoms with E-state index in [-0.39, 0.29) is 17.9 Å². The van der Waals surface area contributed by atoms with Gasteiger partial charge in [0.2, 0.25) is 6.41 Å². The average molecular weight is 577 g/mol. The lowest BCUT2D eigenvalue weighted by molar-refractivity contribution is -0.105. The first kappa shape index (κ1) is 31.4. The lowest BCUT2D eigenvalue weighted by atomic mass is 9.95. The number of nitroso groups, excluding NO2 is 1. The summed E-state index contributed by atoms with van der Waals surface area (Å²) in [7, 11) is 5.77. The van der Waals surface area contributed by atoms with Gasteiger partial charge in [0.05, 0.1) is 31.6 Å². The summed E-state index contributed by atoms with van der Waals surface area (Å²) in [6.07, 6.45) is 0.738. The summed E-state index contributed by atoms with van der Waals surface area (Å²) in [6, 6.07) is 13.2. The van der Waals surface area contributed by atoms with E-state index in [1.165, 1.54) is 29.9 Å². The molecule has 220 valence electrons. The van der Waals surface area contributed by atoms with Gasteiger partial charge in [0.25, 0.3) is 0 Å². The molecular weight excluding hydrogens is 544 g/mol. The Balaban J connectivity index is 0.000000910. The number of ether oxygens (including phenoxy) is 3. The molecule has 1 aliphatic heterocycles. The van der Waals surface area contributed by atoms with Crippen LogP contribution in [0.15, 0.2) is 59.9 Å². The van der Waals surface area contributed by atoms with Gasteiger partial charge in [-0.1, -0.05) is 49.4 Å². The second kappa shape index (κ2) is 14.5. The van der Waals surface area contributed by atoms with Crippen LogP contribution in [0.1, 0.15) is 36.7 Å². The minimum Gasteiger partial charge on any atom is -0.452 e. The third-order valence-corrected chi connectivity index (χ3v) is 6.21. The van der Waals surface area contributed by atoms with Gasteiger partial charge in [-0.05, 0) is 23.8 Å². The highest BCUT2D eigenvalue weighted by molar-refractivity contribution is 6.08. The summed E-state index contributed by atoms with van der Waals surface area (Å²) < 4.78 is 15.6. The van der Waals surface area contributed by atoms with E-state index in [1.807, 2.05) is 13.8 Å². The van der Waals surface area contributed by atoms with E-state index < -0.39 is 18.2 Å². The zero-order chi connectivity index (χ0) is 30.8. The van der Waals surface area contributed by atoms with Crippen molar-refractivity contribution in [1.82, 2.24) is 14.8 Å². The van der Waals surface area contributed by atoms with Crippen LogP contribution < -0.4 is 10.2 Å². The fourth-order valence-electron chi connectivity index (χ4n) is 4.71. The van der Waals surface area contributed by atoms with Gasteiger partial charge in [-0.25, -0.2) is 14.2 Å². The lowest BCUT2D eigenvalue weighted by Crippen LogP contribution is -2.35. The number of hydrogen-bond acceptors (Lipinski definition) is 10. The number of anilines is 2. The molecule has 3 heterocycles. The quantitative estimate of drug-likeness (QED) is 0.239. The van der Waals surface area contributed by atoms with Crippen molar-refractivity contribution in [3.8, 4) is 11.1 Å². The highest BCUT2D eigenvalue weighted by atomic mass is 16.5. The van der Waals surface area contributed by atoms with E-state index in [2.05, 4.69) is 25.4 Å². The first-order valence-corrected chi connectivity index (χ1v) is 12.9. The number of para-hydroxylation sites is 1. The largest absolute Gasteiger partial charge is 0.452 e. The maximum atomic E-state index is 13.4. The highest BCUT2D eigenvalue weighted by Gasteiger charge is 2.39. The summed E-state index contributed by atoms with van der Waals surface area (Å²) in [5, 5.41) is 14.6. The molecule has 0 saturated carbocycles. The Morgan fingerprint density at radius 2 is 1.62 bits per heavy atom. The number of aromatic nitrogens is 3. The van der Waals surface area contributed by atoms with E-state index in [4.69, 9.17) is 9.47 Å². The molecule has 0 radical (unpaired) electrons. The molecule has 2 aromatic carbocycles. The Bertz CT molecular complexity index is 1570. The number of amides is 2. The fraction of sp³-hybridized carbons (Fsp3) is 0.276. The molecule has 2 amide bonds. The average Bonchev–Trinajstić information content (AvgIpc) is 3.34. The molecule has 1 aliphatic rings. The Morgan fingerprint density at radius 1 is 0.976 bits per heavy atom. The standard InChI is InChI=1S/C25H20N6O6.C2H6O.C2H6/c1-36-24(33)30-12-17-21-20(18(11-27-35)28-29-23(21)30)16-5-3-4-6-19(16)31(25(34)37-2)22(17)14-7-9-15(10-8-14)26-13-32;1-3-2;1-2/h3-10,12-13,22H,11H2,1-2H3,(H,26,32);1-2H3;1-2H3. The van der Waals surface area contributed by atoms with Gasteiger partial charge in [0.15, 0.2) is 5.65 Å². The van der Waals surface area contributed by atoms with E-state index >= 15 is 0 Å². The van der Waals surface area contributed by atoms with Gasteiger partial charge in [0, 0.05) is 48.2 Å². The molecule has 0 fully saturated rings. The van der Waals surface area contributed by atoms with Crippen LogP contribution in [0.5, 0.6) is 0 Å². The predicted molar refractivity (Wildman–Crippen MR) is 157 cm³/mol. The summed E-state index contributed by atoms with van der Waals surface area (Å²) in [5.74, 6) is 0. The third-order valence-electron chi connectivity index (χ3n) is 6.21. The first-order valence-electron chi connectivity index (χ1n) is 12.9. The molecule has 13 nitrogen and oxygen atoms in total. The van der Waals surface area contributed by atoms with Crippen molar-refractivity contribution in [2.24, 2.45) is 5.18 Å². The lowest BCUT2D eigenvalue weighted by Gasteiger charge is -2.31. The van der Waals surface area contributed by atoms with E-state index in [0.29, 0.717) is 45.4 Å². The van der Waals surface area contributed by atoms with E-state index in [0.717, 1.165) is 0 Å². The van der Waals surface area contributed by atoms with Crippen LogP contribution in [-0.4, -0.2) is 61.8 Å². The number of benzene rings is 2. The predicted octanol–water partition coefficient (Wildman–Crippen LogP) is 5.51. The molecule has 0 saturated heterocycles. The molecular formula is C29H32N6O7. The number of rotatable bonds is 5. The summed E-state index contributed by atoms with van der Waals surface area (Å²) in [4.78, 5) is 49.8. The van der Waals surface area contributed by atoms with Crippen LogP contribution >= 0.6 is 0 Å². The Kier molecular flexibility index (Phi) is 10.8. The van der Waals surface area contributed by atoms with Crippen LogP contribution in [0.25, 0.3) is 22.2 Å². The van der Waals surface area contributed by atoms with Crippen molar-refractivity contribution in [2.75, 3.05) is 38.7 Å². The summed E-state index contributed by atoms with van der Waals surface area (Å²) in [6.45, 7) is 3.73. The third kappa shape index (κ3) is 5.81. The second-order valence-corrected chi connectivity index (χ2v) is 8.48.